The topological polar surface area (TPSA) is 46.2 Å². The van der Waals surface area contributed by atoms with Crippen LogP contribution >= 0.6 is 11.8 Å². The van der Waals surface area contributed by atoms with Crippen LogP contribution in [0, 0.1) is 0 Å². The molecule has 4 heteroatoms. The number of nitrogens with one attached hydrogen (secondary N) is 1. The van der Waals surface area contributed by atoms with Crippen molar-refractivity contribution >= 4 is 23.5 Å². The summed E-state index contributed by atoms with van der Waals surface area (Å²) in [6, 6.07) is 0. The molecule has 1 fully saturated rings. The summed E-state index contributed by atoms with van der Waals surface area (Å²) in [5.41, 5.74) is 0. The van der Waals surface area contributed by atoms with Crippen molar-refractivity contribution in [1.82, 2.24) is 5.32 Å². The maximum Gasteiger partial charge on any atom is 0.236 e. The van der Waals surface area contributed by atoms with Gasteiger partial charge in [-0.05, 0) is 32.4 Å². The lowest BCUT2D eigenvalue weighted by molar-refractivity contribution is -0.125. The number of rotatable bonds is 3. The summed E-state index contributed by atoms with van der Waals surface area (Å²) in [6.07, 6.45) is 2.01. The van der Waals surface area contributed by atoms with Crippen molar-refractivity contribution in [3.05, 3.63) is 0 Å². The first kappa shape index (κ1) is 10.6. The van der Waals surface area contributed by atoms with E-state index in [1.807, 2.05) is 6.92 Å². The van der Waals surface area contributed by atoms with Gasteiger partial charge in [0.05, 0.1) is 11.3 Å². The largest absolute Gasteiger partial charge is 0.348 e. The summed E-state index contributed by atoms with van der Waals surface area (Å²) in [6.45, 7) is 3.58. The van der Waals surface area contributed by atoms with Crippen molar-refractivity contribution in [2.24, 2.45) is 0 Å². The van der Waals surface area contributed by atoms with Crippen molar-refractivity contribution in [3.8, 4) is 0 Å². The Morgan fingerprint density at radius 3 is 2.69 bits per heavy atom. The van der Waals surface area contributed by atoms with E-state index in [0.29, 0.717) is 0 Å². The van der Waals surface area contributed by atoms with E-state index in [0.717, 1.165) is 18.6 Å². The smallest absolute Gasteiger partial charge is 0.236 e. The van der Waals surface area contributed by atoms with E-state index < -0.39 is 0 Å². The van der Waals surface area contributed by atoms with Crippen LogP contribution < -0.4 is 5.32 Å². The maximum atomic E-state index is 11.6. The Morgan fingerprint density at radius 1 is 1.54 bits per heavy atom. The minimum absolute atomic E-state index is 0.0000491. The van der Waals surface area contributed by atoms with Gasteiger partial charge in [0.15, 0.2) is 0 Å². The van der Waals surface area contributed by atoms with E-state index in [9.17, 15) is 9.59 Å². The Kier molecular flexibility index (Phi) is 3.36. The van der Waals surface area contributed by atoms with Crippen molar-refractivity contribution in [3.63, 3.8) is 0 Å². The predicted octanol–water partition coefficient (Wildman–Crippen LogP) is 0.977. The molecule has 13 heavy (non-hydrogen) atoms. The second-order valence-electron chi connectivity index (χ2n) is 3.57. The fourth-order valence-corrected chi connectivity index (χ4v) is 2.58. The molecule has 1 atom stereocenters. The minimum atomic E-state index is -0.296. The molecule has 0 saturated carbocycles. The lowest BCUT2D eigenvalue weighted by Gasteiger charge is -2.20. The van der Waals surface area contributed by atoms with Crippen LogP contribution in [0.3, 0.4) is 0 Å². The third-order valence-corrected chi connectivity index (χ3v) is 3.72. The van der Waals surface area contributed by atoms with Crippen molar-refractivity contribution in [2.45, 2.75) is 31.4 Å². The van der Waals surface area contributed by atoms with Gasteiger partial charge in [0.1, 0.15) is 5.78 Å². The highest BCUT2D eigenvalue weighted by molar-refractivity contribution is 8.01. The monoisotopic (exact) mass is 201 g/mol. The van der Waals surface area contributed by atoms with Crippen LogP contribution in [0.1, 0.15) is 26.7 Å². The third kappa shape index (κ3) is 2.72. The molecule has 0 bridgehead atoms. The average Bonchev–Trinajstić information content (AvgIpc) is 2.49. The van der Waals surface area contributed by atoms with Crippen LogP contribution in [-0.2, 0) is 9.59 Å². The summed E-state index contributed by atoms with van der Waals surface area (Å²) in [5.74, 6) is 1.05. The van der Waals surface area contributed by atoms with Crippen molar-refractivity contribution in [1.29, 1.82) is 0 Å². The molecular formula is C9H15NO2S. The molecule has 1 heterocycles. The van der Waals surface area contributed by atoms with E-state index in [2.05, 4.69) is 5.32 Å². The molecule has 1 aliphatic rings. The Morgan fingerprint density at radius 2 is 2.23 bits per heavy atom. The summed E-state index contributed by atoms with van der Waals surface area (Å²) < 4.78 is -0.296. The van der Waals surface area contributed by atoms with E-state index in [1.165, 1.54) is 6.92 Å². The number of ketones is 1. The predicted molar refractivity (Wildman–Crippen MR) is 53.8 cm³/mol. The average molecular weight is 201 g/mol. The fourth-order valence-electron chi connectivity index (χ4n) is 1.35. The van der Waals surface area contributed by atoms with Gasteiger partial charge in [0.2, 0.25) is 5.91 Å². The molecule has 3 nitrogen and oxygen atoms in total. The number of Topliss-reactive ketones (excluding diaryl/α,β-unsaturated/α-hetero) is 1. The van der Waals surface area contributed by atoms with E-state index in [-0.39, 0.29) is 23.0 Å². The molecule has 1 aliphatic heterocycles. The quantitative estimate of drug-likeness (QED) is 0.740. The van der Waals surface area contributed by atoms with Gasteiger partial charge >= 0.3 is 0 Å². The molecule has 1 unspecified atom stereocenters. The second-order valence-corrected chi connectivity index (χ2v) is 5.17. The Bertz CT molecular complexity index is 222. The van der Waals surface area contributed by atoms with Gasteiger partial charge in [-0.25, -0.2) is 0 Å². The SMILES string of the molecule is CC(=O)CNC(=O)C1(C)CCCS1. The van der Waals surface area contributed by atoms with E-state index in [4.69, 9.17) is 0 Å². The number of carbonyl (C=O) groups excluding carboxylic acids is 2. The zero-order valence-corrected chi connectivity index (χ0v) is 8.87. The van der Waals surface area contributed by atoms with Gasteiger partial charge in [-0.1, -0.05) is 0 Å². The summed E-state index contributed by atoms with van der Waals surface area (Å²) in [7, 11) is 0. The van der Waals surface area contributed by atoms with E-state index in [1.54, 1.807) is 11.8 Å². The molecule has 0 aromatic heterocycles. The fraction of sp³-hybridized carbons (Fsp3) is 0.778. The minimum Gasteiger partial charge on any atom is -0.348 e. The lowest BCUT2D eigenvalue weighted by Crippen LogP contribution is -2.42. The highest BCUT2D eigenvalue weighted by Gasteiger charge is 2.36. The van der Waals surface area contributed by atoms with Gasteiger partial charge in [-0.3, -0.25) is 9.59 Å². The number of hydrogen-bond acceptors (Lipinski definition) is 3. The molecule has 1 amide bonds. The first-order valence-electron chi connectivity index (χ1n) is 4.46. The maximum absolute atomic E-state index is 11.6. The molecule has 0 spiro atoms. The van der Waals surface area contributed by atoms with Crippen LogP contribution in [-0.4, -0.2) is 28.7 Å². The number of thioether (sulfide) groups is 1. The zero-order chi connectivity index (χ0) is 9.90. The molecule has 0 aliphatic carbocycles. The van der Waals surface area contributed by atoms with Gasteiger partial charge in [-0.2, -0.15) is 0 Å². The lowest BCUT2D eigenvalue weighted by atomic mass is 10.1. The number of amides is 1. The first-order chi connectivity index (χ1) is 6.04. The highest BCUT2D eigenvalue weighted by atomic mass is 32.2. The molecule has 1 N–H and O–H groups in total. The van der Waals surface area contributed by atoms with Crippen LogP contribution in [0.2, 0.25) is 0 Å². The number of hydrogen-bond donors (Lipinski definition) is 1. The highest BCUT2D eigenvalue weighted by Crippen LogP contribution is 2.37. The Hall–Kier alpha value is -0.510. The van der Waals surface area contributed by atoms with Gasteiger partial charge < -0.3 is 5.32 Å². The zero-order valence-electron chi connectivity index (χ0n) is 8.05. The van der Waals surface area contributed by atoms with Gasteiger partial charge in [-0.15, -0.1) is 11.8 Å². The second kappa shape index (κ2) is 4.13. The van der Waals surface area contributed by atoms with Crippen LogP contribution in [0.25, 0.3) is 0 Å². The normalized spacial score (nSPS) is 27.2. The van der Waals surface area contributed by atoms with E-state index >= 15 is 0 Å². The van der Waals surface area contributed by atoms with Crippen LogP contribution in [0.5, 0.6) is 0 Å². The standard InChI is InChI=1S/C9H15NO2S/c1-7(11)6-10-8(12)9(2)4-3-5-13-9/h3-6H2,1-2H3,(H,10,12). The molecule has 1 rings (SSSR count). The molecule has 0 radical (unpaired) electrons. The molecule has 74 valence electrons. The van der Waals surface area contributed by atoms with Gasteiger partial charge in [0.25, 0.3) is 0 Å². The third-order valence-electron chi connectivity index (χ3n) is 2.20. The molecule has 0 aromatic rings. The Labute approximate surface area is 82.6 Å². The number of carbonyl (C=O) groups is 2. The van der Waals surface area contributed by atoms with Crippen molar-refractivity contribution in [2.75, 3.05) is 12.3 Å². The molecule has 1 saturated heterocycles. The summed E-state index contributed by atoms with van der Waals surface area (Å²) in [4.78, 5) is 22.2. The Balaban J connectivity index is 2.42. The summed E-state index contributed by atoms with van der Waals surface area (Å²) >= 11 is 1.68. The van der Waals surface area contributed by atoms with Crippen LogP contribution in [0.4, 0.5) is 0 Å². The first-order valence-corrected chi connectivity index (χ1v) is 5.45. The van der Waals surface area contributed by atoms with Crippen molar-refractivity contribution < 1.29 is 9.59 Å². The van der Waals surface area contributed by atoms with Gasteiger partial charge in [0, 0.05) is 0 Å². The van der Waals surface area contributed by atoms with Crippen LogP contribution in [0.15, 0.2) is 0 Å². The molecule has 0 aromatic carbocycles. The molecular weight excluding hydrogens is 186 g/mol. The summed E-state index contributed by atoms with van der Waals surface area (Å²) in [5, 5.41) is 2.66.